The Morgan fingerprint density at radius 3 is 2.64 bits per heavy atom. The second-order valence-electron chi connectivity index (χ2n) is 6.31. The Bertz CT molecular complexity index is 1010. The molecule has 0 bridgehead atoms. The summed E-state index contributed by atoms with van der Waals surface area (Å²) in [6.45, 7) is 0. The largest absolute Gasteiger partial charge is 0.474 e. The van der Waals surface area contributed by atoms with E-state index in [4.69, 9.17) is 27.9 Å². The minimum Gasteiger partial charge on any atom is -0.474 e. The quantitative estimate of drug-likeness (QED) is 0.626. The van der Waals surface area contributed by atoms with Gasteiger partial charge in [-0.15, -0.1) is 0 Å². The van der Waals surface area contributed by atoms with Gasteiger partial charge < -0.3 is 15.4 Å². The van der Waals surface area contributed by atoms with Gasteiger partial charge in [0.2, 0.25) is 11.8 Å². The highest BCUT2D eigenvalue weighted by Crippen LogP contribution is 2.32. The molecule has 1 amide bonds. The van der Waals surface area contributed by atoms with Crippen molar-refractivity contribution >= 4 is 46.4 Å². The maximum Gasteiger partial charge on any atom is 0.262 e. The van der Waals surface area contributed by atoms with Crippen LogP contribution in [0.3, 0.4) is 0 Å². The van der Waals surface area contributed by atoms with Gasteiger partial charge in [0.05, 0.1) is 27.6 Å². The van der Waals surface area contributed by atoms with E-state index in [1.54, 1.807) is 42.3 Å². The first-order valence-corrected chi connectivity index (χ1v) is 9.30. The molecule has 10 heteroatoms. The summed E-state index contributed by atoms with van der Waals surface area (Å²) in [5.41, 5.74) is 1.24. The van der Waals surface area contributed by atoms with Crippen molar-refractivity contribution in [3.63, 3.8) is 0 Å². The van der Waals surface area contributed by atoms with Gasteiger partial charge in [-0.3, -0.25) is 9.48 Å². The van der Waals surface area contributed by atoms with Gasteiger partial charge in [-0.1, -0.05) is 29.3 Å². The Kier molecular flexibility index (Phi) is 5.06. The van der Waals surface area contributed by atoms with Crippen LogP contribution in [0, 0.1) is 0 Å². The maximum absolute atomic E-state index is 12.8. The Morgan fingerprint density at radius 2 is 2.00 bits per heavy atom. The van der Waals surface area contributed by atoms with Crippen molar-refractivity contribution in [1.82, 2.24) is 19.7 Å². The molecule has 0 aliphatic heterocycles. The van der Waals surface area contributed by atoms with Crippen molar-refractivity contribution in [2.45, 2.75) is 18.9 Å². The third kappa shape index (κ3) is 4.18. The summed E-state index contributed by atoms with van der Waals surface area (Å²) in [5, 5.41) is 10.5. The molecule has 0 atom stereocenters. The molecular weight excluding hydrogens is 403 g/mol. The van der Waals surface area contributed by atoms with Crippen molar-refractivity contribution in [2.24, 2.45) is 7.05 Å². The Morgan fingerprint density at radius 1 is 1.25 bits per heavy atom. The van der Waals surface area contributed by atoms with Gasteiger partial charge in [0, 0.05) is 19.4 Å². The van der Waals surface area contributed by atoms with E-state index in [0.29, 0.717) is 21.7 Å². The molecule has 4 rings (SSSR count). The number of anilines is 3. The first-order valence-electron chi connectivity index (χ1n) is 8.54. The van der Waals surface area contributed by atoms with Crippen LogP contribution >= 0.6 is 23.2 Å². The van der Waals surface area contributed by atoms with Crippen LogP contribution in [0.15, 0.2) is 36.8 Å². The number of hydrogen-bond donors (Lipinski definition) is 2. The predicted octanol–water partition coefficient (Wildman–Crippen LogP) is 4.05. The Balaban J connectivity index is 1.60. The summed E-state index contributed by atoms with van der Waals surface area (Å²) in [5.74, 6) is 0.0409. The molecule has 1 aliphatic carbocycles. The standard InChI is InChI=1S/C18H16Cl2N6O2/c1-26-9-10(7-22-26)23-18-21-8-12(17(25-18)28-11-5-6-11)16(27)24-15-13(19)3-2-4-14(15)20/h2-4,7-9,11H,5-6H2,1H3,(H,24,27)(H,21,23,25). The lowest BCUT2D eigenvalue weighted by atomic mass is 10.2. The molecule has 8 nitrogen and oxygen atoms in total. The van der Waals surface area contributed by atoms with Crippen LogP contribution in [-0.4, -0.2) is 31.8 Å². The van der Waals surface area contributed by atoms with Crippen LogP contribution in [0.25, 0.3) is 0 Å². The summed E-state index contributed by atoms with van der Waals surface area (Å²) >= 11 is 12.3. The monoisotopic (exact) mass is 418 g/mol. The smallest absolute Gasteiger partial charge is 0.262 e. The molecule has 1 fully saturated rings. The van der Waals surface area contributed by atoms with Crippen LogP contribution in [0.1, 0.15) is 23.2 Å². The third-order valence-corrected chi connectivity index (χ3v) is 4.59. The molecule has 2 N–H and O–H groups in total. The summed E-state index contributed by atoms with van der Waals surface area (Å²) in [6.07, 6.45) is 6.73. The van der Waals surface area contributed by atoms with E-state index in [0.717, 1.165) is 18.5 Å². The van der Waals surface area contributed by atoms with Crippen LogP contribution in [0.5, 0.6) is 5.88 Å². The number of hydrogen-bond acceptors (Lipinski definition) is 6. The lowest BCUT2D eigenvalue weighted by Crippen LogP contribution is -2.16. The van der Waals surface area contributed by atoms with Crippen LogP contribution in [0.4, 0.5) is 17.3 Å². The molecule has 2 aromatic heterocycles. The number of carbonyl (C=O) groups excluding carboxylic acids is 1. The molecule has 144 valence electrons. The molecule has 1 aliphatic rings. The highest BCUT2D eigenvalue weighted by atomic mass is 35.5. The highest BCUT2D eigenvalue weighted by Gasteiger charge is 2.27. The van der Waals surface area contributed by atoms with E-state index in [2.05, 4.69) is 25.7 Å². The summed E-state index contributed by atoms with van der Waals surface area (Å²) in [7, 11) is 1.81. The molecule has 2 heterocycles. The van der Waals surface area contributed by atoms with E-state index in [1.165, 1.54) is 6.20 Å². The molecule has 1 saturated carbocycles. The number of rotatable bonds is 6. The number of benzene rings is 1. The fraction of sp³-hybridized carbons (Fsp3) is 0.222. The zero-order valence-electron chi connectivity index (χ0n) is 14.8. The van der Waals surface area contributed by atoms with E-state index >= 15 is 0 Å². The number of para-hydroxylation sites is 1. The second-order valence-corrected chi connectivity index (χ2v) is 7.12. The van der Waals surface area contributed by atoms with Crippen molar-refractivity contribution in [1.29, 1.82) is 0 Å². The number of aromatic nitrogens is 4. The molecule has 0 saturated heterocycles. The van der Waals surface area contributed by atoms with E-state index in [1.807, 2.05) is 0 Å². The van der Waals surface area contributed by atoms with E-state index < -0.39 is 5.91 Å². The highest BCUT2D eigenvalue weighted by molar-refractivity contribution is 6.40. The molecular formula is C18H16Cl2N6O2. The summed E-state index contributed by atoms with van der Waals surface area (Å²) in [4.78, 5) is 21.4. The average molecular weight is 419 g/mol. The number of aryl methyl sites for hydroxylation is 1. The number of nitrogens with zero attached hydrogens (tertiary/aromatic N) is 4. The number of carbonyl (C=O) groups is 1. The lowest BCUT2D eigenvalue weighted by Gasteiger charge is -2.13. The van der Waals surface area contributed by atoms with Crippen LogP contribution in [0.2, 0.25) is 10.0 Å². The summed E-state index contributed by atoms with van der Waals surface area (Å²) < 4.78 is 7.47. The first-order chi connectivity index (χ1) is 13.5. The molecule has 0 unspecified atom stereocenters. The van der Waals surface area contributed by atoms with Gasteiger partial charge in [-0.05, 0) is 25.0 Å². The van der Waals surface area contributed by atoms with Gasteiger partial charge >= 0.3 is 0 Å². The molecule has 3 aromatic rings. The van der Waals surface area contributed by atoms with Crippen molar-refractivity contribution in [3.8, 4) is 5.88 Å². The van der Waals surface area contributed by atoms with E-state index in [-0.39, 0.29) is 17.5 Å². The Labute approximate surface area is 170 Å². The zero-order valence-corrected chi connectivity index (χ0v) is 16.3. The number of nitrogens with one attached hydrogen (secondary N) is 2. The molecule has 0 spiro atoms. The number of ether oxygens (including phenoxy) is 1. The number of halogens is 2. The van der Waals surface area contributed by atoms with Gasteiger partial charge in [0.1, 0.15) is 11.7 Å². The molecule has 1 aromatic carbocycles. The van der Waals surface area contributed by atoms with Gasteiger partial charge in [-0.25, -0.2) is 4.98 Å². The third-order valence-electron chi connectivity index (χ3n) is 3.96. The molecule has 0 radical (unpaired) electrons. The van der Waals surface area contributed by atoms with Crippen LogP contribution in [-0.2, 0) is 7.05 Å². The number of amides is 1. The Hall–Kier alpha value is -2.84. The van der Waals surface area contributed by atoms with Crippen molar-refractivity contribution < 1.29 is 9.53 Å². The van der Waals surface area contributed by atoms with Gasteiger partial charge in [0.25, 0.3) is 5.91 Å². The average Bonchev–Trinajstić information content (AvgIpc) is 3.38. The van der Waals surface area contributed by atoms with Gasteiger partial charge in [-0.2, -0.15) is 10.1 Å². The zero-order chi connectivity index (χ0) is 19.7. The van der Waals surface area contributed by atoms with E-state index in [9.17, 15) is 4.79 Å². The SMILES string of the molecule is Cn1cc(Nc2ncc(C(=O)Nc3c(Cl)cccc3Cl)c(OC3CC3)n2)cn1. The normalized spacial score (nSPS) is 13.2. The first kappa shape index (κ1) is 18.5. The van der Waals surface area contributed by atoms with Crippen molar-refractivity contribution in [3.05, 3.63) is 52.4 Å². The second kappa shape index (κ2) is 7.65. The lowest BCUT2D eigenvalue weighted by molar-refractivity contribution is 0.102. The minimum absolute atomic E-state index is 0.0524. The fourth-order valence-corrected chi connectivity index (χ4v) is 2.92. The topological polar surface area (TPSA) is 94.0 Å². The fourth-order valence-electron chi connectivity index (χ4n) is 2.43. The van der Waals surface area contributed by atoms with Crippen molar-refractivity contribution in [2.75, 3.05) is 10.6 Å². The predicted molar refractivity (Wildman–Crippen MR) is 107 cm³/mol. The molecule has 28 heavy (non-hydrogen) atoms. The summed E-state index contributed by atoms with van der Waals surface area (Å²) in [6, 6.07) is 4.98. The maximum atomic E-state index is 12.8. The van der Waals surface area contributed by atoms with Crippen LogP contribution < -0.4 is 15.4 Å². The minimum atomic E-state index is -0.460. The van der Waals surface area contributed by atoms with Gasteiger partial charge in [0.15, 0.2) is 0 Å².